The summed E-state index contributed by atoms with van der Waals surface area (Å²) in [6.45, 7) is 3.18. The van der Waals surface area contributed by atoms with Crippen molar-refractivity contribution in [1.82, 2.24) is 0 Å². The van der Waals surface area contributed by atoms with Crippen LogP contribution in [0.15, 0.2) is 47.5 Å². The van der Waals surface area contributed by atoms with Crippen LogP contribution in [-0.4, -0.2) is 31.8 Å². The van der Waals surface area contributed by atoms with E-state index in [9.17, 15) is 9.59 Å². The van der Waals surface area contributed by atoms with E-state index in [1.165, 1.54) is 19.1 Å². The van der Waals surface area contributed by atoms with Crippen molar-refractivity contribution >= 4 is 40.7 Å². The molecule has 2 aromatic carbocycles. The Bertz CT molecular complexity index is 848. The lowest BCUT2D eigenvalue weighted by Crippen LogP contribution is -2.23. The molecule has 0 radical (unpaired) electrons. The first-order chi connectivity index (χ1) is 12.3. The zero-order valence-electron chi connectivity index (χ0n) is 15.0. The van der Waals surface area contributed by atoms with E-state index < -0.39 is 11.9 Å². The number of amidine groups is 1. The Balaban J connectivity index is 2.20. The molecule has 0 unspecified atom stereocenters. The molecule has 0 saturated heterocycles. The van der Waals surface area contributed by atoms with Gasteiger partial charge in [-0.25, -0.2) is 0 Å². The maximum absolute atomic E-state index is 12.6. The van der Waals surface area contributed by atoms with Crippen LogP contribution in [0, 0.1) is 0 Å². The second kappa shape index (κ2) is 8.49. The van der Waals surface area contributed by atoms with Gasteiger partial charge in [0.1, 0.15) is 5.75 Å². The van der Waals surface area contributed by atoms with Crippen LogP contribution in [0.4, 0.5) is 11.4 Å². The minimum atomic E-state index is -0.512. The molecule has 0 fully saturated rings. The first-order valence-electron chi connectivity index (χ1n) is 7.88. The summed E-state index contributed by atoms with van der Waals surface area (Å²) in [6.07, 6.45) is 0. The van der Waals surface area contributed by atoms with Gasteiger partial charge in [-0.3, -0.25) is 14.6 Å². The molecule has 0 aromatic heterocycles. The molecule has 0 aliphatic rings. The average Bonchev–Trinajstić information content (AvgIpc) is 2.62. The van der Waals surface area contributed by atoms with E-state index in [4.69, 9.17) is 16.3 Å². The van der Waals surface area contributed by atoms with E-state index >= 15 is 0 Å². The Labute approximate surface area is 157 Å². The summed E-state index contributed by atoms with van der Waals surface area (Å²) < 4.78 is 5.07. The number of ether oxygens (including phenoxy) is 1. The summed E-state index contributed by atoms with van der Waals surface area (Å²) in [5.41, 5.74) is 1.73. The number of halogens is 1. The van der Waals surface area contributed by atoms with Gasteiger partial charge in [0.05, 0.1) is 11.4 Å². The summed E-state index contributed by atoms with van der Waals surface area (Å²) in [5, 5.41) is 3.14. The number of hydrogen-bond donors (Lipinski definition) is 1. The normalized spacial score (nSPS) is 11.0. The molecule has 0 heterocycles. The number of hydrogen-bond acceptors (Lipinski definition) is 4. The Hall–Kier alpha value is -2.86. The fraction of sp³-hybridized carbons (Fsp3) is 0.211. The van der Waals surface area contributed by atoms with Gasteiger partial charge in [-0.1, -0.05) is 11.6 Å². The fourth-order valence-electron chi connectivity index (χ4n) is 2.23. The van der Waals surface area contributed by atoms with E-state index in [2.05, 4.69) is 10.3 Å². The third kappa shape index (κ3) is 4.83. The molecular formula is C19H20ClN3O3. The quantitative estimate of drug-likeness (QED) is 0.380. The van der Waals surface area contributed by atoms with Gasteiger partial charge in [-0.05, 0) is 49.4 Å². The van der Waals surface area contributed by atoms with Gasteiger partial charge in [-0.2, -0.15) is 0 Å². The van der Waals surface area contributed by atoms with Crippen LogP contribution >= 0.6 is 11.6 Å². The molecule has 26 heavy (non-hydrogen) atoms. The maximum Gasteiger partial charge on any atom is 0.308 e. The van der Waals surface area contributed by atoms with Crippen molar-refractivity contribution in [2.24, 2.45) is 4.99 Å². The zero-order valence-corrected chi connectivity index (χ0v) is 15.8. The third-order valence-electron chi connectivity index (χ3n) is 3.76. The van der Waals surface area contributed by atoms with E-state index in [0.29, 0.717) is 10.7 Å². The molecule has 0 saturated carbocycles. The molecule has 1 N–H and O–H groups in total. The molecule has 1 amide bonds. The molecule has 6 nitrogen and oxygen atoms in total. The lowest BCUT2D eigenvalue weighted by molar-refractivity contribution is -0.131. The molecule has 0 bridgehead atoms. The number of nitrogens with zero attached hydrogens (tertiary/aromatic N) is 2. The van der Waals surface area contributed by atoms with E-state index in [1.54, 1.807) is 25.2 Å². The number of anilines is 2. The van der Waals surface area contributed by atoms with Crippen molar-refractivity contribution in [3.8, 4) is 5.75 Å². The molecule has 2 rings (SSSR count). The van der Waals surface area contributed by atoms with Crippen LogP contribution in [0.3, 0.4) is 0 Å². The summed E-state index contributed by atoms with van der Waals surface area (Å²) in [5.74, 6) is 0.0927. The molecule has 0 spiro atoms. The van der Waals surface area contributed by atoms with Crippen molar-refractivity contribution < 1.29 is 14.3 Å². The van der Waals surface area contributed by atoms with Crippen LogP contribution in [0.5, 0.6) is 5.75 Å². The monoisotopic (exact) mass is 373 g/mol. The highest BCUT2D eigenvalue weighted by molar-refractivity contribution is 6.31. The molecular weight excluding hydrogens is 354 g/mol. The Morgan fingerprint density at radius 3 is 2.35 bits per heavy atom. The van der Waals surface area contributed by atoms with Gasteiger partial charge in [0, 0.05) is 37.4 Å². The number of benzene rings is 2. The van der Waals surface area contributed by atoms with Crippen LogP contribution in [0.25, 0.3) is 0 Å². The highest BCUT2D eigenvalue weighted by Gasteiger charge is 2.15. The molecule has 0 aliphatic heterocycles. The predicted molar refractivity (Wildman–Crippen MR) is 105 cm³/mol. The number of rotatable bonds is 4. The first kappa shape index (κ1) is 19.5. The number of carbonyl (C=O) groups excluding carboxylic acids is 2. The summed E-state index contributed by atoms with van der Waals surface area (Å²) in [6, 6.07) is 11.8. The SMILES string of the molecule is CN=C(C)N(C)c1ccc(NC(=O)c2cc(Cl)ccc2OC(C)=O)cc1. The number of aliphatic imine (C=N–C) groups is 1. The molecule has 136 valence electrons. The van der Waals surface area contributed by atoms with E-state index in [1.807, 2.05) is 31.0 Å². The van der Waals surface area contributed by atoms with Gasteiger partial charge in [0.15, 0.2) is 0 Å². The van der Waals surface area contributed by atoms with Gasteiger partial charge in [0.2, 0.25) is 0 Å². The van der Waals surface area contributed by atoms with Crippen LogP contribution in [0.2, 0.25) is 5.02 Å². The third-order valence-corrected chi connectivity index (χ3v) is 4.00. The lowest BCUT2D eigenvalue weighted by Gasteiger charge is -2.18. The second-order valence-electron chi connectivity index (χ2n) is 5.56. The van der Waals surface area contributed by atoms with Crippen molar-refractivity contribution in [3.63, 3.8) is 0 Å². The molecule has 7 heteroatoms. The predicted octanol–water partition coefficient (Wildman–Crippen LogP) is 4.00. The standard InChI is InChI=1S/C19H20ClN3O3/c1-12(21-3)23(4)16-8-6-15(7-9-16)22-19(25)17-11-14(20)5-10-18(17)26-13(2)24/h5-11H,1-4H3,(H,22,25). The van der Waals surface area contributed by atoms with Crippen LogP contribution in [0.1, 0.15) is 24.2 Å². The average molecular weight is 374 g/mol. The zero-order chi connectivity index (χ0) is 19.3. The van der Waals surface area contributed by atoms with Crippen molar-refractivity contribution in [2.45, 2.75) is 13.8 Å². The Kier molecular flexibility index (Phi) is 6.36. The summed E-state index contributed by atoms with van der Waals surface area (Å²) >= 11 is 5.96. The number of amides is 1. The van der Waals surface area contributed by atoms with Gasteiger partial charge < -0.3 is 15.0 Å². The first-order valence-corrected chi connectivity index (χ1v) is 8.26. The minimum absolute atomic E-state index is 0.158. The Morgan fingerprint density at radius 1 is 1.12 bits per heavy atom. The number of carbonyl (C=O) groups is 2. The largest absolute Gasteiger partial charge is 0.426 e. The Morgan fingerprint density at radius 2 is 1.77 bits per heavy atom. The second-order valence-corrected chi connectivity index (χ2v) is 6.00. The summed E-state index contributed by atoms with van der Waals surface area (Å²) in [7, 11) is 3.64. The molecule has 0 atom stereocenters. The smallest absolute Gasteiger partial charge is 0.308 e. The van der Waals surface area contributed by atoms with Gasteiger partial charge in [0.25, 0.3) is 5.91 Å². The van der Waals surface area contributed by atoms with Crippen molar-refractivity contribution in [1.29, 1.82) is 0 Å². The highest BCUT2D eigenvalue weighted by Crippen LogP contribution is 2.25. The lowest BCUT2D eigenvalue weighted by atomic mass is 10.1. The highest BCUT2D eigenvalue weighted by atomic mass is 35.5. The minimum Gasteiger partial charge on any atom is -0.426 e. The van der Waals surface area contributed by atoms with Crippen LogP contribution in [-0.2, 0) is 4.79 Å². The molecule has 0 aliphatic carbocycles. The maximum atomic E-state index is 12.6. The van der Waals surface area contributed by atoms with Crippen molar-refractivity contribution in [2.75, 3.05) is 24.3 Å². The summed E-state index contributed by atoms with van der Waals surface area (Å²) in [4.78, 5) is 29.8. The van der Waals surface area contributed by atoms with Gasteiger partial charge in [-0.15, -0.1) is 0 Å². The van der Waals surface area contributed by atoms with E-state index in [-0.39, 0.29) is 11.3 Å². The fourth-order valence-corrected chi connectivity index (χ4v) is 2.40. The molecule has 2 aromatic rings. The van der Waals surface area contributed by atoms with Crippen molar-refractivity contribution in [3.05, 3.63) is 53.1 Å². The topological polar surface area (TPSA) is 71.0 Å². The van der Waals surface area contributed by atoms with Crippen LogP contribution < -0.4 is 15.0 Å². The number of nitrogens with one attached hydrogen (secondary N) is 1. The van der Waals surface area contributed by atoms with E-state index in [0.717, 1.165) is 11.5 Å². The van der Waals surface area contributed by atoms with Gasteiger partial charge >= 0.3 is 5.97 Å². The number of esters is 1.